The number of rotatable bonds is 6. The minimum atomic E-state index is -3.81. The molecule has 0 amide bonds. The number of hydrogen-bond donors (Lipinski definition) is 1. The van der Waals surface area contributed by atoms with Crippen molar-refractivity contribution in [3.63, 3.8) is 0 Å². The summed E-state index contributed by atoms with van der Waals surface area (Å²) in [5.41, 5.74) is 1.40. The maximum atomic E-state index is 12.8. The summed E-state index contributed by atoms with van der Waals surface area (Å²) in [4.78, 5) is 2.35. The Balaban J connectivity index is 1.87. The van der Waals surface area contributed by atoms with Crippen molar-refractivity contribution in [3.05, 3.63) is 48.5 Å². The van der Waals surface area contributed by atoms with Crippen LogP contribution >= 0.6 is 0 Å². The Hall–Kier alpha value is -2.06. The van der Waals surface area contributed by atoms with Crippen molar-refractivity contribution < 1.29 is 16.8 Å². The lowest BCUT2D eigenvalue weighted by Gasteiger charge is -2.30. The largest absolute Gasteiger partial charge is 0.370 e. The number of hydrogen-bond acceptors (Lipinski definition) is 5. The molecule has 8 heteroatoms. The van der Waals surface area contributed by atoms with Crippen LogP contribution in [0.15, 0.2) is 58.3 Å². The molecule has 1 fully saturated rings. The van der Waals surface area contributed by atoms with Crippen molar-refractivity contribution in [2.75, 3.05) is 28.5 Å². The van der Waals surface area contributed by atoms with Gasteiger partial charge in [-0.3, -0.25) is 4.72 Å². The molecule has 6 nitrogen and oxygen atoms in total. The van der Waals surface area contributed by atoms with Crippen LogP contribution in [0, 0.1) is 0 Å². The zero-order chi connectivity index (χ0) is 19.5. The third kappa shape index (κ3) is 4.44. The van der Waals surface area contributed by atoms with Gasteiger partial charge in [0.1, 0.15) is 0 Å². The van der Waals surface area contributed by atoms with Crippen molar-refractivity contribution in [1.82, 2.24) is 0 Å². The molecular formula is C19H24N2O4S2. The molecule has 1 aliphatic heterocycles. The molecule has 0 unspecified atom stereocenters. The summed E-state index contributed by atoms with van der Waals surface area (Å²) in [7, 11) is -7.18. The van der Waals surface area contributed by atoms with Crippen molar-refractivity contribution in [3.8, 4) is 0 Å². The molecule has 0 spiro atoms. The Labute approximate surface area is 161 Å². The molecule has 1 saturated heterocycles. The molecule has 27 heavy (non-hydrogen) atoms. The van der Waals surface area contributed by atoms with Gasteiger partial charge in [0.25, 0.3) is 10.0 Å². The Morgan fingerprint density at radius 1 is 0.852 bits per heavy atom. The average Bonchev–Trinajstić information content (AvgIpc) is 2.69. The Morgan fingerprint density at radius 2 is 1.44 bits per heavy atom. The van der Waals surface area contributed by atoms with E-state index in [2.05, 4.69) is 9.62 Å². The maximum absolute atomic E-state index is 12.8. The second-order valence-electron chi connectivity index (χ2n) is 6.55. The molecule has 0 saturated carbocycles. The molecule has 3 rings (SSSR count). The van der Waals surface area contributed by atoms with Gasteiger partial charge >= 0.3 is 0 Å². The molecular weight excluding hydrogens is 384 g/mol. The van der Waals surface area contributed by atoms with Crippen LogP contribution in [0.2, 0.25) is 0 Å². The van der Waals surface area contributed by atoms with Crippen LogP contribution < -0.4 is 9.62 Å². The van der Waals surface area contributed by atoms with Gasteiger partial charge < -0.3 is 4.90 Å². The lowest BCUT2D eigenvalue weighted by molar-refractivity contribution is 0.578. The van der Waals surface area contributed by atoms with E-state index in [0.29, 0.717) is 5.69 Å². The van der Waals surface area contributed by atoms with Gasteiger partial charge in [-0.15, -0.1) is 0 Å². The molecule has 1 N–H and O–H groups in total. The van der Waals surface area contributed by atoms with Gasteiger partial charge in [0.2, 0.25) is 0 Å². The number of nitrogens with zero attached hydrogens (tertiary/aromatic N) is 1. The summed E-state index contributed by atoms with van der Waals surface area (Å²) in [5, 5.41) is 0. The number of sulfonamides is 1. The van der Waals surface area contributed by atoms with Crippen LogP contribution in [0.5, 0.6) is 0 Å². The number of piperidine rings is 1. The second kappa shape index (κ2) is 7.90. The Morgan fingerprint density at radius 3 is 2.07 bits per heavy atom. The summed E-state index contributed by atoms with van der Waals surface area (Å²) < 4.78 is 52.0. The summed E-state index contributed by atoms with van der Waals surface area (Å²) in [6.45, 7) is 3.36. The van der Waals surface area contributed by atoms with Crippen LogP contribution in [0.25, 0.3) is 0 Å². The molecule has 0 aliphatic carbocycles. The first-order valence-corrected chi connectivity index (χ1v) is 12.2. The van der Waals surface area contributed by atoms with Gasteiger partial charge in [-0.05, 0) is 55.7 Å². The standard InChI is InChI=1S/C19H24N2O4S2/c1-2-26(22,23)16-10-12-17(13-11-16)27(24,25)20-18-8-4-5-9-19(18)21-14-6-3-7-15-21/h4-5,8-13,20H,2-3,6-7,14-15H2,1H3. The molecule has 146 valence electrons. The first kappa shape index (κ1) is 19.7. The molecule has 2 aromatic rings. The number of benzene rings is 2. The molecule has 0 radical (unpaired) electrons. The molecule has 0 atom stereocenters. The van der Waals surface area contributed by atoms with Crippen molar-refractivity contribution in [1.29, 1.82) is 0 Å². The predicted octanol–water partition coefficient (Wildman–Crippen LogP) is 3.27. The number of sulfone groups is 1. The molecule has 0 aromatic heterocycles. The van der Waals surface area contributed by atoms with E-state index in [1.165, 1.54) is 30.7 Å². The van der Waals surface area contributed by atoms with E-state index in [9.17, 15) is 16.8 Å². The van der Waals surface area contributed by atoms with Crippen LogP contribution in [0.1, 0.15) is 26.2 Å². The van der Waals surface area contributed by atoms with E-state index in [-0.39, 0.29) is 15.5 Å². The molecule has 1 heterocycles. The highest BCUT2D eigenvalue weighted by Gasteiger charge is 2.20. The lowest BCUT2D eigenvalue weighted by atomic mass is 10.1. The van der Waals surface area contributed by atoms with Gasteiger partial charge in [-0.25, -0.2) is 16.8 Å². The molecule has 2 aromatic carbocycles. The second-order valence-corrected chi connectivity index (χ2v) is 10.5. The van der Waals surface area contributed by atoms with E-state index in [4.69, 9.17) is 0 Å². The minimum absolute atomic E-state index is 0.0272. The zero-order valence-corrected chi connectivity index (χ0v) is 16.9. The van der Waals surface area contributed by atoms with Crippen LogP contribution in [-0.2, 0) is 19.9 Å². The van der Waals surface area contributed by atoms with Gasteiger partial charge in [-0.2, -0.15) is 0 Å². The van der Waals surface area contributed by atoms with Crippen LogP contribution in [0.3, 0.4) is 0 Å². The quantitative estimate of drug-likeness (QED) is 0.793. The highest BCUT2D eigenvalue weighted by molar-refractivity contribution is 7.92. The first-order chi connectivity index (χ1) is 12.8. The highest BCUT2D eigenvalue weighted by atomic mass is 32.2. The Bertz CT molecular complexity index is 994. The van der Waals surface area contributed by atoms with E-state index in [0.717, 1.165) is 31.6 Å². The van der Waals surface area contributed by atoms with Crippen molar-refractivity contribution in [2.45, 2.75) is 36.0 Å². The highest BCUT2D eigenvalue weighted by Crippen LogP contribution is 2.30. The van der Waals surface area contributed by atoms with Crippen molar-refractivity contribution in [2.24, 2.45) is 0 Å². The fourth-order valence-electron chi connectivity index (χ4n) is 3.17. The van der Waals surface area contributed by atoms with E-state index in [1.807, 2.05) is 12.1 Å². The van der Waals surface area contributed by atoms with Crippen LogP contribution in [0.4, 0.5) is 11.4 Å². The van der Waals surface area contributed by atoms with Gasteiger partial charge in [-0.1, -0.05) is 19.1 Å². The smallest absolute Gasteiger partial charge is 0.261 e. The van der Waals surface area contributed by atoms with Gasteiger partial charge in [0.05, 0.1) is 26.9 Å². The minimum Gasteiger partial charge on any atom is -0.370 e. The fraction of sp³-hybridized carbons (Fsp3) is 0.368. The summed E-state index contributed by atoms with van der Waals surface area (Å²) in [6.07, 6.45) is 3.38. The summed E-state index contributed by atoms with van der Waals surface area (Å²) >= 11 is 0. The van der Waals surface area contributed by atoms with Gasteiger partial charge in [0, 0.05) is 13.1 Å². The van der Waals surface area contributed by atoms with Crippen molar-refractivity contribution >= 4 is 31.2 Å². The predicted molar refractivity (Wildman–Crippen MR) is 107 cm³/mol. The fourth-order valence-corrected chi connectivity index (χ4v) is 5.13. The third-order valence-corrected chi connectivity index (χ3v) is 7.85. The van der Waals surface area contributed by atoms with E-state index in [1.54, 1.807) is 19.1 Å². The SMILES string of the molecule is CCS(=O)(=O)c1ccc(S(=O)(=O)Nc2ccccc2N2CCCCC2)cc1. The normalized spacial score (nSPS) is 15.5. The summed E-state index contributed by atoms with van der Waals surface area (Å²) in [6, 6.07) is 12.7. The first-order valence-electron chi connectivity index (χ1n) is 9.03. The average molecular weight is 409 g/mol. The van der Waals surface area contributed by atoms with E-state index < -0.39 is 19.9 Å². The summed E-state index contributed by atoms with van der Waals surface area (Å²) in [5.74, 6) is -0.0272. The van der Waals surface area contributed by atoms with Crippen LogP contribution in [-0.4, -0.2) is 35.7 Å². The Kier molecular flexibility index (Phi) is 5.76. The van der Waals surface area contributed by atoms with Gasteiger partial charge in [0.15, 0.2) is 9.84 Å². The third-order valence-electron chi connectivity index (χ3n) is 4.72. The number of anilines is 2. The number of nitrogens with one attached hydrogen (secondary N) is 1. The maximum Gasteiger partial charge on any atom is 0.261 e. The molecule has 0 bridgehead atoms. The monoisotopic (exact) mass is 408 g/mol. The zero-order valence-electron chi connectivity index (χ0n) is 15.3. The lowest BCUT2D eigenvalue weighted by Crippen LogP contribution is -2.30. The molecule has 1 aliphatic rings. The number of para-hydroxylation sites is 2. The topological polar surface area (TPSA) is 83.5 Å². The van der Waals surface area contributed by atoms with E-state index >= 15 is 0 Å².